The van der Waals surface area contributed by atoms with Crippen molar-refractivity contribution in [1.82, 2.24) is 25.4 Å². The van der Waals surface area contributed by atoms with Gasteiger partial charge in [-0.15, -0.1) is 0 Å². The van der Waals surface area contributed by atoms with Gasteiger partial charge in [0, 0.05) is 62.4 Å². The highest BCUT2D eigenvalue weighted by molar-refractivity contribution is 5.90. The average Bonchev–Trinajstić information content (AvgIpc) is 3.29. The lowest BCUT2D eigenvalue weighted by Gasteiger charge is -2.35. The number of anilines is 5. The molecule has 0 atom stereocenters. The van der Waals surface area contributed by atoms with E-state index in [-0.39, 0.29) is 11.9 Å². The Morgan fingerprint density at radius 3 is 2.49 bits per heavy atom. The molecule has 35 heavy (non-hydrogen) atoms. The second-order valence-corrected chi connectivity index (χ2v) is 8.66. The molecule has 2 aliphatic heterocycles. The highest BCUT2D eigenvalue weighted by atomic mass is 16.2. The molecule has 0 spiro atoms. The third-order valence-corrected chi connectivity index (χ3v) is 6.11. The van der Waals surface area contributed by atoms with Crippen LogP contribution in [0.4, 0.5) is 33.6 Å². The number of amides is 3. The van der Waals surface area contributed by atoms with Crippen LogP contribution in [0.1, 0.15) is 5.69 Å². The highest BCUT2D eigenvalue weighted by Crippen LogP contribution is 2.21. The topological polar surface area (TPSA) is 122 Å². The number of carbonyl (C=O) groups is 2. The summed E-state index contributed by atoms with van der Waals surface area (Å²) < 4.78 is 0. The van der Waals surface area contributed by atoms with Crippen molar-refractivity contribution in [3.05, 3.63) is 54.2 Å². The standard InChI is InChI=1S/C24H29N9O2/c1-17-15-21(30-29-17)27-20-3-2-4-22(28-20)31-11-13-32(14-12-31)24(35)26-18-5-7-19(8-6-18)33-10-9-25-23(34)16-33/h2-8,15H,9-14,16H2,1H3,(H,25,34)(H,26,35)(H2,27,28,29,30). The van der Waals surface area contributed by atoms with Crippen molar-refractivity contribution in [2.45, 2.75) is 6.92 Å². The van der Waals surface area contributed by atoms with E-state index in [9.17, 15) is 9.59 Å². The van der Waals surface area contributed by atoms with Gasteiger partial charge in [-0.2, -0.15) is 5.10 Å². The Kier molecular flexibility index (Phi) is 6.38. The number of pyridine rings is 1. The first kappa shape index (κ1) is 22.5. The summed E-state index contributed by atoms with van der Waals surface area (Å²) in [7, 11) is 0. The Labute approximate surface area is 203 Å². The summed E-state index contributed by atoms with van der Waals surface area (Å²) in [5.74, 6) is 2.34. The molecule has 2 aromatic heterocycles. The zero-order chi connectivity index (χ0) is 24.2. The number of piperazine rings is 2. The fraction of sp³-hybridized carbons (Fsp3) is 0.333. The number of nitrogens with one attached hydrogen (secondary N) is 4. The second-order valence-electron chi connectivity index (χ2n) is 8.66. The summed E-state index contributed by atoms with van der Waals surface area (Å²) in [4.78, 5) is 35.1. The van der Waals surface area contributed by atoms with Crippen molar-refractivity contribution in [2.75, 3.05) is 66.2 Å². The zero-order valence-corrected chi connectivity index (χ0v) is 19.6. The smallest absolute Gasteiger partial charge is 0.321 e. The molecule has 0 radical (unpaired) electrons. The normalized spacial score (nSPS) is 16.1. The number of aryl methyl sites for hydroxylation is 1. The van der Waals surface area contributed by atoms with E-state index in [0.29, 0.717) is 39.3 Å². The van der Waals surface area contributed by atoms with Crippen LogP contribution in [0.5, 0.6) is 0 Å². The van der Waals surface area contributed by atoms with E-state index in [1.54, 1.807) is 0 Å². The lowest BCUT2D eigenvalue weighted by molar-refractivity contribution is -0.120. The molecule has 3 aromatic rings. The van der Waals surface area contributed by atoms with Crippen LogP contribution in [-0.4, -0.2) is 77.8 Å². The first-order valence-electron chi connectivity index (χ1n) is 11.7. The van der Waals surface area contributed by atoms with Crippen molar-refractivity contribution in [2.24, 2.45) is 0 Å². The molecule has 4 heterocycles. The molecule has 0 aliphatic carbocycles. The van der Waals surface area contributed by atoms with Gasteiger partial charge in [0.1, 0.15) is 11.6 Å². The number of carbonyl (C=O) groups excluding carboxylic acids is 2. The monoisotopic (exact) mass is 475 g/mol. The summed E-state index contributed by atoms with van der Waals surface area (Å²) in [5, 5.41) is 16.1. The molecule has 11 nitrogen and oxygen atoms in total. The molecular weight excluding hydrogens is 446 g/mol. The number of rotatable bonds is 5. The predicted molar refractivity (Wildman–Crippen MR) is 135 cm³/mol. The minimum atomic E-state index is -0.118. The first-order chi connectivity index (χ1) is 17.0. The predicted octanol–water partition coefficient (Wildman–Crippen LogP) is 2.15. The third kappa shape index (κ3) is 5.45. The van der Waals surface area contributed by atoms with Gasteiger partial charge in [0.25, 0.3) is 0 Å². The van der Waals surface area contributed by atoms with E-state index in [4.69, 9.17) is 4.98 Å². The van der Waals surface area contributed by atoms with Gasteiger partial charge in [-0.05, 0) is 43.3 Å². The van der Waals surface area contributed by atoms with Gasteiger partial charge in [0.05, 0.1) is 6.54 Å². The number of aromatic nitrogens is 3. The minimum Gasteiger partial charge on any atom is -0.360 e. The largest absolute Gasteiger partial charge is 0.360 e. The minimum absolute atomic E-state index is 0.0266. The van der Waals surface area contributed by atoms with Crippen LogP contribution in [0.15, 0.2) is 48.5 Å². The van der Waals surface area contributed by atoms with E-state index < -0.39 is 0 Å². The quantitative estimate of drug-likeness (QED) is 0.446. The summed E-state index contributed by atoms with van der Waals surface area (Å²) in [6, 6.07) is 15.3. The van der Waals surface area contributed by atoms with Crippen LogP contribution < -0.4 is 25.8 Å². The molecule has 11 heteroatoms. The molecule has 182 valence electrons. The SMILES string of the molecule is Cc1cc(Nc2cccc(N3CCN(C(=O)Nc4ccc(N5CCNC(=O)C5)cc4)CC3)n2)n[nH]1. The van der Waals surface area contributed by atoms with Gasteiger partial charge in [-0.3, -0.25) is 9.89 Å². The van der Waals surface area contributed by atoms with Gasteiger partial charge >= 0.3 is 6.03 Å². The number of urea groups is 1. The molecule has 1 aromatic carbocycles. The molecule has 2 fully saturated rings. The van der Waals surface area contributed by atoms with Crippen molar-refractivity contribution in [3.63, 3.8) is 0 Å². The number of hydrogen-bond donors (Lipinski definition) is 4. The van der Waals surface area contributed by atoms with E-state index in [2.05, 4.69) is 31.0 Å². The number of nitrogens with zero attached hydrogens (tertiary/aromatic N) is 5. The van der Waals surface area contributed by atoms with Crippen LogP contribution in [0, 0.1) is 6.92 Å². The van der Waals surface area contributed by atoms with E-state index in [1.807, 2.05) is 65.3 Å². The lowest BCUT2D eigenvalue weighted by Crippen LogP contribution is -2.50. The van der Waals surface area contributed by atoms with Crippen LogP contribution in [-0.2, 0) is 4.79 Å². The Morgan fingerprint density at radius 1 is 0.971 bits per heavy atom. The van der Waals surface area contributed by atoms with E-state index in [0.717, 1.165) is 41.1 Å². The molecule has 3 amide bonds. The fourth-order valence-corrected chi connectivity index (χ4v) is 4.24. The summed E-state index contributed by atoms with van der Waals surface area (Å²) in [6.07, 6.45) is 0. The van der Waals surface area contributed by atoms with Crippen LogP contribution in [0.25, 0.3) is 0 Å². The van der Waals surface area contributed by atoms with Crippen LogP contribution in [0.2, 0.25) is 0 Å². The van der Waals surface area contributed by atoms with Gasteiger partial charge < -0.3 is 30.7 Å². The molecule has 5 rings (SSSR count). The maximum Gasteiger partial charge on any atom is 0.321 e. The maximum absolute atomic E-state index is 12.8. The number of aromatic amines is 1. The van der Waals surface area contributed by atoms with Crippen molar-refractivity contribution in [1.29, 1.82) is 0 Å². The fourth-order valence-electron chi connectivity index (χ4n) is 4.24. The molecule has 2 saturated heterocycles. The second kappa shape index (κ2) is 9.92. The van der Waals surface area contributed by atoms with Gasteiger partial charge in [-0.25, -0.2) is 9.78 Å². The van der Waals surface area contributed by atoms with Crippen LogP contribution in [0.3, 0.4) is 0 Å². The van der Waals surface area contributed by atoms with Crippen LogP contribution >= 0.6 is 0 Å². The Balaban J connectivity index is 1.13. The molecule has 0 bridgehead atoms. The van der Waals surface area contributed by atoms with Crippen molar-refractivity contribution >= 4 is 40.8 Å². The van der Waals surface area contributed by atoms with Crippen molar-refractivity contribution in [3.8, 4) is 0 Å². The Bertz CT molecular complexity index is 1190. The van der Waals surface area contributed by atoms with E-state index in [1.165, 1.54) is 0 Å². The number of H-pyrrole nitrogens is 1. The van der Waals surface area contributed by atoms with Crippen molar-refractivity contribution < 1.29 is 9.59 Å². The number of hydrogen-bond acceptors (Lipinski definition) is 7. The first-order valence-corrected chi connectivity index (χ1v) is 11.7. The molecule has 0 saturated carbocycles. The molecule has 4 N–H and O–H groups in total. The molecule has 0 unspecified atom stereocenters. The summed E-state index contributed by atoms with van der Waals surface area (Å²) in [6.45, 7) is 6.32. The van der Waals surface area contributed by atoms with Gasteiger partial charge in [-0.1, -0.05) is 6.07 Å². The average molecular weight is 476 g/mol. The number of benzene rings is 1. The summed E-state index contributed by atoms with van der Waals surface area (Å²) >= 11 is 0. The highest BCUT2D eigenvalue weighted by Gasteiger charge is 2.22. The Hall–Kier alpha value is -4.28. The maximum atomic E-state index is 12.8. The Morgan fingerprint density at radius 2 is 1.77 bits per heavy atom. The van der Waals surface area contributed by atoms with Gasteiger partial charge in [0.15, 0.2) is 5.82 Å². The third-order valence-electron chi connectivity index (χ3n) is 6.11. The molecule has 2 aliphatic rings. The lowest BCUT2D eigenvalue weighted by atomic mass is 10.2. The van der Waals surface area contributed by atoms with Gasteiger partial charge in [0.2, 0.25) is 5.91 Å². The summed E-state index contributed by atoms with van der Waals surface area (Å²) in [5.41, 5.74) is 2.68. The zero-order valence-electron chi connectivity index (χ0n) is 19.6. The van der Waals surface area contributed by atoms with E-state index >= 15 is 0 Å². The molecular formula is C24H29N9O2.